The smallest absolute Gasteiger partial charge is 0.342 e. The number of thiophene rings is 1. The van der Waals surface area contributed by atoms with E-state index in [1.165, 1.54) is 30.4 Å². The number of carbonyl (C=O) groups excluding carboxylic acids is 2. The van der Waals surface area contributed by atoms with Gasteiger partial charge in [0.1, 0.15) is 22.4 Å². The van der Waals surface area contributed by atoms with E-state index in [1.807, 2.05) is 0 Å². The molecular formula is C21H22N2O4S. The van der Waals surface area contributed by atoms with Gasteiger partial charge in [0, 0.05) is 4.88 Å². The Morgan fingerprint density at radius 2 is 2.04 bits per heavy atom. The van der Waals surface area contributed by atoms with E-state index in [9.17, 15) is 20.0 Å². The van der Waals surface area contributed by atoms with Crippen LogP contribution in [0.25, 0.3) is 0 Å². The maximum atomic E-state index is 12.5. The molecule has 1 aromatic carbocycles. The number of hydrogen-bond donors (Lipinski definition) is 2. The number of aromatic hydroxyl groups is 1. The molecule has 1 aliphatic rings. The minimum Gasteiger partial charge on any atom is -0.507 e. The summed E-state index contributed by atoms with van der Waals surface area (Å²) in [4.78, 5) is 26.0. The number of carbonyl (C=O) groups is 2. The van der Waals surface area contributed by atoms with Crippen molar-refractivity contribution in [2.24, 2.45) is 0 Å². The second kappa shape index (κ2) is 8.44. The Bertz CT molecular complexity index is 958. The molecule has 28 heavy (non-hydrogen) atoms. The summed E-state index contributed by atoms with van der Waals surface area (Å²) in [6.07, 6.45) is 3.97. The van der Waals surface area contributed by atoms with Crippen LogP contribution in [0.2, 0.25) is 0 Å². The van der Waals surface area contributed by atoms with E-state index in [0.717, 1.165) is 48.1 Å². The maximum Gasteiger partial charge on any atom is 0.342 e. The van der Waals surface area contributed by atoms with Crippen molar-refractivity contribution in [3.8, 4) is 11.8 Å². The first-order valence-corrected chi connectivity index (χ1v) is 10.1. The van der Waals surface area contributed by atoms with Gasteiger partial charge in [-0.15, -0.1) is 11.3 Å². The van der Waals surface area contributed by atoms with Gasteiger partial charge in [0.2, 0.25) is 0 Å². The minimum atomic E-state index is -1.07. The molecule has 1 amide bonds. The molecule has 1 atom stereocenters. The van der Waals surface area contributed by atoms with Crippen LogP contribution in [0, 0.1) is 18.3 Å². The number of amides is 1. The van der Waals surface area contributed by atoms with E-state index < -0.39 is 18.0 Å². The largest absolute Gasteiger partial charge is 0.507 e. The van der Waals surface area contributed by atoms with Gasteiger partial charge >= 0.3 is 5.97 Å². The minimum absolute atomic E-state index is 0.0141. The third kappa shape index (κ3) is 4.18. The summed E-state index contributed by atoms with van der Waals surface area (Å²) in [5.74, 6) is -1.48. The summed E-state index contributed by atoms with van der Waals surface area (Å²) < 4.78 is 5.21. The average Bonchev–Trinajstić information content (AvgIpc) is 2.82. The number of esters is 1. The predicted octanol–water partition coefficient (Wildman–Crippen LogP) is 4.09. The number of fused-ring (bicyclic) bond motifs is 1. The van der Waals surface area contributed by atoms with Crippen LogP contribution in [-0.2, 0) is 22.4 Å². The Balaban J connectivity index is 1.72. The molecule has 6 nitrogen and oxygen atoms in total. The number of nitrogens with zero attached hydrogens (tertiary/aromatic N) is 1. The van der Waals surface area contributed by atoms with Crippen LogP contribution in [0.3, 0.4) is 0 Å². The van der Waals surface area contributed by atoms with Gasteiger partial charge in [-0.1, -0.05) is 18.1 Å². The van der Waals surface area contributed by atoms with Crippen molar-refractivity contribution < 1.29 is 19.4 Å². The maximum absolute atomic E-state index is 12.5. The fourth-order valence-corrected chi connectivity index (χ4v) is 4.50. The van der Waals surface area contributed by atoms with Crippen molar-refractivity contribution in [3.63, 3.8) is 0 Å². The van der Waals surface area contributed by atoms with Crippen molar-refractivity contribution in [1.82, 2.24) is 0 Å². The zero-order valence-electron chi connectivity index (χ0n) is 15.9. The molecule has 0 fully saturated rings. The number of nitriles is 1. The van der Waals surface area contributed by atoms with E-state index in [-0.39, 0.29) is 11.3 Å². The Morgan fingerprint density at radius 1 is 1.29 bits per heavy atom. The van der Waals surface area contributed by atoms with Gasteiger partial charge in [-0.3, -0.25) is 4.79 Å². The third-order valence-electron chi connectivity index (χ3n) is 4.79. The highest BCUT2D eigenvalue weighted by Crippen LogP contribution is 2.37. The van der Waals surface area contributed by atoms with Gasteiger partial charge in [0.25, 0.3) is 5.91 Å². The van der Waals surface area contributed by atoms with Crippen molar-refractivity contribution in [3.05, 3.63) is 45.3 Å². The number of hydrogen-bond acceptors (Lipinski definition) is 6. The summed E-state index contributed by atoms with van der Waals surface area (Å²) in [6, 6.07) is 6.80. The second-order valence-corrected chi connectivity index (χ2v) is 8.04. The van der Waals surface area contributed by atoms with Gasteiger partial charge in [-0.05, 0) is 57.2 Å². The first kappa shape index (κ1) is 19.9. The molecule has 2 aromatic rings. The number of aryl methyl sites for hydroxylation is 2. The van der Waals surface area contributed by atoms with Gasteiger partial charge < -0.3 is 15.2 Å². The molecule has 0 bridgehead atoms. The SMILES string of the molecule is Cc1ccc(O)c(C(=O)O[C@@H](C)C(=O)Nc2sc3c(c2C#N)CCCCC3)c1. The second-order valence-electron chi connectivity index (χ2n) is 6.94. The molecule has 0 radical (unpaired) electrons. The fraction of sp³-hybridized carbons (Fsp3) is 0.381. The molecule has 1 aliphatic carbocycles. The normalized spacial score (nSPS) is 14.3. The Labute approximate surface area is 167 Å². The molecule has 2 N–H and O–H groups in total. The van der Waals surface area contributed by atoms with Crippen LogP contribution in [0.5, 0.6) is 5.75 Å². The zero-order chi connectivity index (χ0) is 20.3. The summed E-state index contributed by atoms with van der Waals surface area (Å²) >= 11 is 1.43. The van der Waals surface area contributed by atoms with E-state index in [0.29, 0.717) is 10.6 Å². The summed E-state index contributed by atoms with van der Waals surface area (Å²) in [5, 5.41) is 22.6. The van der Waals surface area contributed by atoms with Gasteiger partial charge in [-0.25, -0.2) is 4.79 Å². The highest BCUT2D eigenvalue weighted by atomic mass is 32.1. The standard InChI is InChI=1S/C21H22N2O4S/c1-12-8-9-17(24)15(10-12)21(26)27-13(2)19(25)23-20-16(11-22)14-6-4-3-5-7-18(14)28-20/h8-10,13,24H,3-7H2,1-2H3,(H,23,25)/t13-/m0/s1. The first-order valence-electron chi connectivity index (χ1n) is 9.26. The Hall–Kier alpha value is -2.85. The highest BCUT2D eigenvalue weighted by Gasteiger charge is 2.25. The van der Waals surface area contributed by atoms with Crippen LogP contribution in [0.4, 0.5) is 5.00 Å². The van der Waals surface area contributed by atoms with Crippen molar-refractivity contribution in [2.45, 2.75) is 52.1 Å². The zero-order valence-corrected chi connectivity index (χ0v) is 16.7. The summed E-state index contributed by atoms with van der Waals surface area (Å²) in [6.45, 7) is 3.25. The number of phenolic OH excluding ortho intramolecular Hbond substituents is 1. The number of phenols is 1. The summed E-state index contributed by atoms with van der Waals surface area (Å²) in [5.41, 5.74) is 2.36. The molecular weight excluding hydrogens is 376 g/mol. The highest BCUT2D eigenvalue weighted by molar-refractivity contribution is 7.16. The molecule has 7 heteroatoms. The quantitative estimate of drug-likeness (QED) is 0.597. The lowest BCUT2D eigenvalue weighted by atomic mass is 10.1. The number of benzene rings is 1. The molecule has 0 unspecified atom stereocenters. The van der Waals surface area contributed by atoms with Crippen LogP contribution >= 0.6 is 11.3 Å². The van der Waals surface area contributed by atoms with E-state index in [4.69, 9.17) is 4.74 Å². The van der Waals surface area contributed by atoms with Crippen molar-refractivity contribution in [2.75, 3.05) is 5.32 Å². The van der Waals surface area contributed by atoms with Crippen molar-refractivity contribution >= 4 is 28.2 Å². The molecule has 146 valence electrons. The fourth-order valence-electron chi connectivity index (χ4n) is 3.25. The first-order chi connectivity index (χ1) is 13.4. The van der Waals surface area contributed by atoms with E-state index in [1.54, 1.807) is 13.0 Å². The number of anilines is 1. The van der Waals surface area contributed by atoms with Gasteiger partial charge in [0.05, 0.1) is 5.56 Å². The number of rotatable bonds is 4. The molecule has 1 heterocycles. The van der Waals surface area contributed by atoms with Crippen LogP contribution in [0.15, 0.2) is 18.2 Å². The Morgan fingerprint density at radius 3 is 2.79 bits per heavy atom. The van der Waals surface area contributed by atoms with E-state index >= 15 is 0 Å². The molecule has 0 saturated heterocycles. The Kier molecular flexibility index (Phi) is 6.00. The lowest BCUT2D eigenvalue weighted by Gasteiger charge is -2.14. The van der Waals surface area contributed by atoms with Crippen LogP contribution in [0.1, 0.15) is 58.1 Å². The molecule has 3 rings (SSSR count). The number of nitrogens with one attached hydrogen (secondary N) is 1. The lowest BCUT2D eigenvalue weighted by Crippen LogP contribution is -2.30. The average molecular weight is 398 g/mol. The van der Waals surface area contributed by atoms with Crippen LogP contribution < -0.4 is 5.32 Å². The van der Waals surface area contributed by atoms with Crippen molar-refractivity contribution in [1.29, 1.82) is 5.26 Å². The summed E-state index contributed by atoms with van der Waals surface area (Å²) in [7, 11) is 0. The monoisotopic (exact) mass is 398 g/mol. The molecule has 0 aliphatic heterocycles. The molecule has 1 aromatic heterocycles. The van der Waals surface area contributed by atoms with E-state index in [2.05, 4.69) is 11.4 Å². The predicted molar refractivity (Wildman–Crippen MR) is 107 cm³/mol. The molecule has 0 spiro atoms. The number of ether oxygens (including phenoxy) is 1. The lowest BCUT2D eigenvalue weighted by molar-refractivity contribution is -0.123. The molecule has 0 saturated carbocycles. The van der Waals surface area contributed by atoms with Gasteiger partial charge in [0.15, 0.2) is 6.10 Å². The third-order valence-corrected chi connectivity index (χ3v) is 6.00. The van der Waals surface area contributed by atoms with Gasteiger partial charge in [-0.2, -0.15) is 5.26 Å². The topological polar surface area (TPSA) is 99.4 Å². The van der Waals surface area contributed by atoms with Crippen LogP contribution in [-0.4, -0.2) is 23.1 Å².